The van der Waals surface area contributed by atoms with Gasteiger partial charge in [0.05, 0.1) is 0 Å². The van der Waals surface area contributed by atoms with Gasteiger partial charge in [0.15, 0.2) is 5.78 Å². The van der Waals surface area contributed by atoms with E-state index in [0.717, 1.165) is 42.8 Å². The molecule has 0 saturated carbocycles. The van der Waals surface area contributed by atoms with Crippen LogP contribution in [0, 0.1) is 5.92 Å². The second kappa shape index (κ2) is 14.2. The van der Waals surface area contributed by atoms with E-state index >= 15 is 0 Å². The third kappa shape index (κ3) is 9.60. The fourth-order valence-corrected chi connectivity index (χ4v) is 3.42. The summed E-state index contributed by atoms with van der Waals surface area (Å²) in [5.74, 6) is 1.31. The second-order valence-corrected chi connectivity index (χ2v) is 9.85. The molecule has 1 aromatic rings. The van der Waals surface area contributed by atoms with Crippen LogP contribution in [0.5, 0.6) is 5.75 Å². The lowest BCUT2D eigenvalue weighted by atomic mass is 9.82. The summed E-state index contributed by atoms with van der Waals surface area (Å²) in [4.78, 5) is 14.1. The molecule has 3 N–H and O–H groups in total. The Kier molecular flexibility index (Phi) is 13.2. The number of ketones is 1. The van der Waals surface area contributed by atoms with E-state index in [0.29, 0.717) is 23.7 Å². The minimum absolute atomic E-state index is 0.127. The molecule has 4 heteroatoms. The first kappa shape index (κ1) is 29.9. The highest BCUT2D eigenvalue weighted by Crippen LogP contribution is 2.37. The molecule has 0 heterocycles. The molecular weight excluding hydrogens is 396 g/mol. The van der Waals surface area contributed by atoms with Crippen molar-refractivity contribution in [2.24, 2.45) is 11.7 Å². The number of aromatic hydroxyl groups is 1. The van der Waals surface area contributed by atoms with Crippen LogP contribution in [0.2, 0.25) is 0 Å². The van der Waals surface area contributed by atoms with Gasteiger partial charge in [0.1, 0.15) is 5.75 Å². The summed E-state index contributed by atoms with van der Waals surface area (Å²) in [5.41, 5.74) is 9.01. The van der Waals surface area contributed by atoms with Gasteiger partial charge in [-0.3, -0.25) is 4.79 Å². The van der Waals surface area contributed by atoms with E-state index in [1.165, 1.54) is 0 Å². The predicted molar refractivity (Wildman–Crippen MR) is 139 cm³/mol. The highest BCUT2D eigenvalue weighted by molar-refractivity contribution is 5.96. The number of allylic oxidation sites excluding steroid dienone is 2. The first-order valence-electron chi connectivity index (χ1n) is 12.0. The van der Waals surface area contributed by atoms with E-state index in [9.17, 15) is 9.90 Å². The Morgan fingerprint density at radius 1 is 1.25 bits per heavy atom. The lowest BCUT2D eigenvalue weighted by Gasteiger charge is -2.24. The number of rotatable bonds is 10. The molecule has 32 heavy (non-hydrogen) atoms. The molecule has 0 bridgehead atoms. The van der Waals surface area contributed by atoms with Crippen molar-refractivity contribution in [1.29, 1.82) is 0 Å². The average Bonchev–Trinajstić information content (AvgIpc) is 2.72. The molecule has 0 saturated heterocycles. The lowest BCUT2D eigenvalue weighted by Crippen LogP contribution is -2.22. The van der Waals surface area contributed by atoms with E-state index in [-0.39, 0.29) is 17.1 Å². The second-order valence-electron chi connectivity index (χ2n) is 9.85. The number of nitrogens with zero attached hydrogens (tertiary/aromatic N) is 1. The van der Waals surface area contributed by atoms with Gasteiger partial charge in [-0.15, -0.1) is 0 Å². The van der Waals surface area contributed by atoms with Crippen LogP contribution < -0.4 is 5.73 Å². The summed E-state index contributed by atoms with van der Waals surface area (Å²) < 4.78 is 0. The van der Waals surface area contributed by atoms with Gasteiger partial charge in [0, 0.05) is 29.8 Å². The number of carbonyl (C=O) groups excluding carboxylic acids is 1. The third-order valence-electron chi connectivity index (χ3n) is 5.72. The largest absolute Gasteiger partial charge is 0.507 e. The van der Waals surface area contributed by atoms with E-state index in [2.05, 4.69) is 24.6 Å². The Morgan fingerprint density at radius 2 is 1.84 bits per heavy atom. The maximum absolute atomic E-state index is 11.9. The molecule has 0 radical (unpaired) electrons. The van der Waals surface area contributed by atoms with Gasteiger partial charge < -0.3 is 15.7 Å². The van der Waals surface area contributed by atoms with Crippen LogP contribution in [-0.2, 0) is 5.41 Å². The number of benzene rings is 1. The molecular formula is C28H48N2O2. The van der Waals surface area contributed by atoms with Crippen molar-refractivity contribution in [3.05, 3.63) is 53.4 Å². The first-order valence-corrected chi connectivity index (χ1v) is 12.0. The quantitative estimate of drug-likeness (QED) is 0.376. The van der Waals surface area contributed by atoms with Crippen LogP contribution >= 0.6 is 0 Å². The van der Waals surface area contributed by atoms with Crippen LogP contribution in [0.15, 0.2) is 36.7 Å². The number of hydrogen-bond acceptors (Lipinski definition) is 4. The van der Waals surface area contributed by atoms with E-state index in [4.69, 9.17) is 5.73 Å². The Morgan fingerprint density at radius 3 is 2.22 bits per heavy atom. The van der Waals surface area contributed by atoms with E-state index in [1.54, 1.807) is 0 Å². The fourth-order valence-electron chi connectivity index (χ4n) is 3.42. The van der Waals surface area contributed by atoms with Crippen molar-refractivity contribution < 1.29 is 9.90 Å². The van der Waals surface area contributed by atoms with Gasteiger partial charge in [0.2, 0.25) is 0 Å². The fraction of sp³-hybridized carbons (Fsp3) is 0.607. The Labute approximate surface area is 197 Å². The van der Waals surface area contributed by atoms with Crippen molar-refractivity contribution in [3.8, 4) is 5.75 Å². The minimum atomic E-state index is -0.169. The van der Waals surface area contributed by atoms with Crippen molar-refractivity contribution in [2.75, 3.05) is 13.1 Å². The normalized spacial score (nSPS) is 12.5. The summed E-state index contributed by atoms with van der Waals surface area (Å²) in [6.07, 6.45) is 6.91. The summed E-state index contributed by atoms with van der Waals surface area (Å²) >= 11 is 0. The van der Waals surface area contributed by atoms with E-state index in [1.807, 2.05) is 73.6 Å². The van der Waals surface area contributed by atoms with Gasteiger partial charge in [-0.05, 0) is 68.0 Å². The van der Waals surface area contributed by atoms with Gasteiger partial charge in [-0.1, -0.05) is 67.5 Å². The monoisotopic (exact) mass is 444 g/mol. The molecule has 1 unspecified atom stereocenters. The number of hydrogen-bond donors (Lipinski definition) is 2. The van der Waals surface area contributed by atoms with Crippen molar-refractivity contribution in [1.82, 2.24) is 4.90 Å². The number of phenolic OH excluding ortho intramolecular Hbond substituents is 1. The minimum Gasteiger partial charge on any atom is -0.507 e. The Bertz CT molecular complexity index is 753. The molecule has 1 atom stereocenters. The first-order chi connectivity index (χ1) is 14.8. The molecule has 1 rings (SSSR count). The molecule has 0 aliphatic heterocycles. The SMILES string of the molecule is C=C(C)N(/C=C\C)CCC(CC)CN.CCC(=O)c1cc(C(C)C)c(O)c(C(C)(C)C)c1. The summed E-state index contributed by atoms with van der Waals surface area (Å²) in [5, 5.41) is 10.4. The zero-order valence-corrected chi connectivity index (χ0v) is 22.1. The lowest BCUT2D eigenvalue weighted by molar-refractivity contribution is 0.0988. The molecule has 182 valence electrons. The molecule has 0 aliphatic carbocycles. The third-order valence-corrected chi connectivity index (χ3v) is 5.72. The standard InChI is InChI=1S/C16H24O2.C12H24N2/c1-7-14(17)11-8-12(10(2)3)15(18)13(9-11)16(4,5)6;1-5-8-14(11(3)4)9-7-12(6-2)10-13/h8-10,18H,7H2,1-6H3;5,8,12H,3,6-7,9-10,13H2,1-2,4H3/b;8-5-. The van der Waals surface area contributed by atoms with Gasteiger partial charge >= 0.3 is 0 Å². The maximum atomic E-state index is 11.9. The molecule has 4 nitrogen and oxygen atoms in total. The Balaban J connectivity index is 0.000000622. The van der Waals surface area contributed by atoms with Crippen molar-refractivity contribution in [2.45, 2.75) is 92.9 Å². The van der Waals surface area contributed by atoms with Gasteiger partial charge in [-0.2, -0.15) is 0 Å². The zero-order chi connectivity index (χ0) is 25.1. The molecule has 1 aromatic carbocycles. The topological polar surface area (TPSA) is 66.6 Å². The zero-order valence-electron chi connectivity index (χ0n) is 22.1. The highest BCUT2D eigenvalue weighted by Gasteiger charge is 2.23. The predicted octanol–water partition coefficient (Wildman–Crippen LogP) is 7.14. The van der Waals surface area contributed by atoms with Crippen molar-refractivity contribution >= 4 is 5.78 Å². The average molecular weight is 445 g/mol. The molecule has 0 aromatic heterocycles. The van der Waals surface area contributed by atoms with Crippen molar-refractivity contribution in [3.63, 3.8) is 0 Å². The summed E-state index contributed by atoms with van der Waals surface area (Å²) in [6, 6.07) is 3.67. The Hall–Kier alpha value is -2.07. The van der Waals surface area contributed by atoms with Gasteiger partial charge in [0.25, 0.3) is 0 Å². The van der Waals surface area contributed by atoms with Crippen LogP contribution in [0.3, 0.4) is 0 Å². The van der Waals surface area contributed by atoms with Gasteiger partial charge in [-0.25, -0.2) is 0 Å². The molecule has 0 aliphatic rings. The molecule has 0 amide bonds. The van der Waals surface area contributed by atoms with E-state index < -0.39 is 0 Å². The molecule has 0 spiro atoms. The maximum Gasteiger partial charge on any atom is 0.162 e. The number of nitrogens with two attached hydrogens (primary N) is 1. The van der Waals surface area contributed by atoms with Crippen LogP contribution in [-0.4, -0.2) is 28.9 Å². The number of Topliss-reactive ketones (excluding diaryl/α,β-unsaturated/α-hetero) is 1. The number of phenols is 1. The van der Waals surface area contributed by atoms with Crippen LogP contribution in [0.25, 0.3) is 0 Å². The highest BCUT2D eigenvalue weighted by atomic mass is 16.3. The van der Waals surface area contributed by atoms with Crippen LogP contribution in [0.4, 0.5) is 0 Å². The smallest absolute Gasteiger partial charge is 0.162 e. The molecule has 0 fully saturated rings. The summed E-state index contributed by atoms with van der Waals surface area (Å²) in [7, 11) is 0. The number of carbonyl (C=O) groups is 1. The summed E-state index contributed by atoms with van der Waals surface area (Å²) in [6.45, 7) is 24.1. The van der Waals surface area contributed by atoms with Crippen LogP contribution in [0.1, 0.15) is 109 Å².